The normalized spacial score (nSPS) is 13.2. The van der Waals surface area contributed by atoms with E-state index in [0.717, 1.165) is 29.7 Å². The summed E-state index contributed by atoms with van der Waals surface area (Å²) in [6, 6.07) is 9.44. The van der Waals surface area contributed by atoms with Gasteiger partial charge in [-0.25, -0.2) is 0 Å². The van der Waals surface area contributed by atoms with Gasteiger partial charge in [-0.3, -0.25) is 0 Å². The largest absolute Gasteiger partial charge is 0.493 e. The van der Waals surface area contributed by atoms with Gasteiger partial charge in [-0.2, -0.15) is 13.2 Å². The first kappa shape index (κ1) is 26.1. The summed E-state index contributed by atoms with van der Waals surface area (Å²) in [5, 5.41) is 3.09. The van der Waals surface area contributed by atoms with Gasteiger partial charge in [0.1, 0.15) is 31.0 Å². The SMILES string of the molecule is C/C=C/COc1cc(C)c(OCCC(C)Oc2ccc(C(=NOC)C(F)(F)F)cc2)c(C)c1. The number of nitrogens with zero attached hydrogens (tertiary/aromatic N) is 1. The van der Waals surface area contributed by atoms with Gasteiger partial charge in [0, 0.05) is 12.0 Å². The second-order valence-corrected chi connectivity index (χ2v) is 7.48. The van der Waals surface area contributed by atoms with Crippen LogP contribution in [0.1, 0.15) is 37.0 Å². The summed E-state index contributed by atoms with van der Waals surface area (Å²) in [4.78, 5) is 4.32. The number of alkyl halides is 3. The molecule has 2 rings (SSSR count). The molecule has 1 atom stereocenters. The van der Waals surface area contributed by atoms with Crippen LogP contribution in [0, 0.1) is 13.8 Å². The van der Waals surface area contributed by atoms with Crippen molar-refractivity contribution < 1.29 is 32.2 Å². The van der Waals surface area contributed by atoms with Gasteiger partial charge in [0.25, 0.3) is 0 Å². The highest BCUT2D eigenvalue weighted by atomic mass is 19.4. The monoisotopic (exact) mass is 465 g/mol. The molecule has 0 spiro atoms. The molecular formula is C25H30F3NO4. The molecule has 0 amide bonds. The number of benzene rings is 2. The number of hydrogen-bond donors (Lipinski definition) is 0. The van der Waals surface area contributed by atoms with Crippen molar-refractivity contribution in [3.8, 4) is 17.2 Å². The quantitative estimate of drug-likeness (QED) is 0.219. The fourth-order valence-electron chi connectivity index (χ4n) is 3.13. The molecule has 2 aromatic carbocycles. The molecule has 2 aromatic rings. The lowest BCUT2D eigenvalue weighted by Gasteiger charge is -2.18. The molecule has 0 fully saturated rings. The number of rotatable bonds is 11. The van der Waals surface area contributed by atoms with Crippen LogP contribution in [0.2, 0.25) is 0 Å². The molecule has 180 valence electrons. The van der Waals surface area contributed by atoms with E-state index in [1.165, 1.54) is 24.3 Å². The average Bonchev–Trinajstić information content (AvgIpc) is 2.74. The average molecular weight is 466 g/mol. The second kappa shape index (κ2) is 12.2. The van der Waals surface area contributed by atoms with Gasteiger partial charge < -0.3 is 19.0 Å². The Kier molecular flexibility index (Phi) is 9.63. The molecule has 0 aromatic heterocycles. The molecule has 33 heavy (non-hydrogen) atoms. The molecule has 0 saturated carbocycles. The van der Waals surface area contributed by atoms with Crippen LogP contribution < -0.4 is 14.2 Å². The van der Waals surface area contributed by atoms with Crippen molar-refractivity contribution in [1.82, 2.24) is 0 Å². The number of halogens is 3. The molecule has 0 saturated heterocycles. The zero-order chi connectivity index (χ0) is 24.4. The third kappa shape index (κ3) is 8.04. The minimum atomic E-state index is -4.61. The summed E-state index contributed by atoms with van der Waals surface area (Å²) in [7, 11) is 1.07. The molecule has 0 aliphatic heterocycles. The first-order valence-electron chi connectivity index (χ1n) is 10.6. The highest BCUT2D eigenvalue weighted by molar-refractivity contribution is 6.04. The predicted octanol–water partition coefficient (Wildman–Crippen LogP) is 6.41. The lowest BCUT2D eigenvalue weighted by molar-refractivity contribution is -0.0608. The lowest BCUT2D eigenvalue weighted by Crippen LogP contribution is -2.24. The maximum Gasteiger partial charge on any atom is 0.437 e. The molecule has 0 aliphatic carbocycles. The fourth-order valence-corrected chi connectivity index (χ4v) is 3.13. The highest BCUT2D eigenvalue weighted by Gasteiger charge is 2.37. The zero-order valence-corrected chi connectivity index (χ0v) is 19.5. The summed E-state index contributed by atoms with van der Waals surface area (Å²) in [6.45, 7) is 8.70. The lowest BCUT2D eigenvalue weighted by atomic mass is 10.1. The number of oxime groups is 1. The Hall–Kier alpha value is -3.16. The maximum atomic E-state index is 13.1. The molecule has 0 heterocycles. The van der Waals surface area contributed by atoms with Crippen molar-refractivity contribution in [2.45, 2.75) is 46.4 Å². The Morgan fingerprint density at radius 3 is 2.21 bits per heavy atom. The number of ether oxygens (including phenoxy) is 3. The smallest absolute Gasteiger partial charge is 0.437 e. The van der Waals surface area contributed by atoms with Crippen molar-refractivity contribution in [3.63, 3.8) is 0 Å². The van der Waals surface area contributed by atoms with E-state index in [2.05, 4.69) is 9.99 Å². The van der Waals surface area contributed by atoms with Crippen LogP contribution in [-0.4, -0.2) is 38.3 Å². The van der Waals surface area contributed by atoms with Gasteiger partial charge in [0.05, 0.1) is 12.7 Å². The van der Waals surface area contributed by atoms with Crippen LogP contribution in [0.3, 0.4) is 0 Å². The topological polar surface area (TPSA) is 49.3 Å². The van der Waals surface area contributed by atoms with Gasteiger partial charge in [-0.05, 0) is 75.2 Å². The number of allylic oxidation sites excluding steroid dienone is 1. The Morgan fingerprint density at radius 1 is 1.03 bits per heavy atom. The van der Waals surface area contributed by atoms with Crippen LogP contribution in [0.15, 0.2) is 53.7 Å². The first-order chi connectivity index (χ1) is 15.7. The van der Waals surface area contributed by atoms with Crippen LogP contribution in [0.4, 0.5) is 13.2 Å². The first-order valence-corrected chi connectivity index (χ1v) is 10.6. The van der Waals surface area contributed by atoms with Crippen LogP contribution in [0.5, 0.6) is 17.2 Å². The molecule has 0 N–H and O–H groups in total. The van der Waals surface area contributed by atoms with E-state index < -0.39 is 11.9 Å². The molecule has 8 heteroatoms. The van der Waals surface area contributed by atoms with Gasteiger partial charge in [0.2, 0.25) is 0 Å². The summed E-state index contributed by atoms with van der Waals surface area (Å²) in [6.07, 6.45) is -0.346. The van der Waals surface area contributed by atoms with Crippen molar-refractivity contribution >= 4 is 5.71 Å². The van der Waals surface area contributed by atoms with Crippen molar-refractivity contribution in [3.05, 3.63) is 65.2 Å². The minimum absolute atomic E-state index is 0.100. The third-order valence-electron chi connectivity index (χ3n) is 4.70. The molecule has 0 aliphatic rings. The van der Waals surface area contributed by atoms with Crippen LogP contribution in [0.25, 0.3) is 0 Å². The molecular weight excluding hydrogens is 435 g/mol. The van der Waals surface area contributed by atoms with E-state index >= 15 is 0 Å². The summed E-state index contributed by atoms with van der Waals surface area (Å²) >= 11 is 0. The maximum absolute atomic E-state index is 13.1. The van der Waals surface area contributed by atoms with E-state index in [9.17, 15) is 13.2 Å². The summed E-state index contributed by atoms with van der Waals surface area (Å²) in [5.41, 5.74) is 0.763. The molecule has 1 unspecified atom stereocenters. The van der Waals surface area contributed by atoms with E-state index in [0.29, 0.717) is 25.4 Å². The minimum Gasteiger partial charge on any atom is -0.493 e. The Balaban J connectivity index is 1.91. The van der Waals surface area contributed by atoms with Crippen LogP contribution >= 0.6 is 0 Å². The summed E-state index contributed by atoms with van der Waals surface area (Å²) < 4.78 is 56.7. The zero-order valence-electron chi connectivity index (χ0n) is 19.5. The van der Waals surface area contributed by atoms with Crippen molar-refractivity contribution in [2.24, 2.45) is 5.16 Å². The van der Waals surface area contributed by atoms with E-state index in [1.807, 2.05) is 52.0 Å². The standard InChI is InChI=1S/C25H30F3NO4/c1-6-7-13-31-22-15-17(2)23(18(3)16-22)32-14-12-19(4)33-21-10-8-20(9-11-21)24(29-30-5)25(26,27)28/h6-11,15-16,19H,12-14H2,1-5H3/b7-6+,29-24?. The van der Waals surface area contributed by atoms with Gasteiger partial charge in [-0.1, -0.05) is 17.3 Å². The Morgan fingerprint density at radius 2 is 1.67 bits per heavy atom. The number of hydrogen-bond acceptors (Lipinski definition) is 5. The van der Waals surface area contributed by atoms with Crippen LogP contribution in [-0.2, 0) is 4.84 Å². The van der Waals surface area contributed by atoms with Gasteiger partial charge in [-0.15, -0.1) is 0 Å². The predicted molar refractivity (Wildman–Crippen MR) is 122 cm³/mol. The molecule has 5 nitrogen and oxygen atoms in total. The van der Waals surface area contributed by atoms with E-state index in [-0.39, 0.29) is 11.7 Å². The Bertz CT molecular complexity index is 930. The van der Waals surface area contributed by atoms with Gasteiger partial charge in [0.15, 0.2) is 5.71 Å². The van der Waals surface area contributed by atoms with E-state index in [4.69, 9.17) is 14.2 Å². The highest BCUT2D eigenvalue weighted by Crippen LogP contribution is 2.29. The van der Waals surface area contributed by atoms with Crippen molar-refractivity contribution in [2.75, 3.05) is 20.3 Å². The van der Waals surface area contributed by atoms with Crippen molar-refractivity contribution in [1.29, 1.82) is 0 Å². The second-order valence-electron chi connectivity index (χ2n) is 7.48. The Labute approximate surface area is 192 Å². The summed E-state index contributed by atoms with van der Waals surface area (Å²) in [5.74, 6) is 2.06. The number of aryl methyl sites for hydroxylation is 2. The molecule has 0 radical (unpaired) electrons. The van der Waals surface area contributed by atoms with Gasteiger partial charge >= 0.3 is 6.18 Å². The van der Waals surface area contributed by atoms with E-state index in [1.54, 1.807) is 0 Å². The third-order valence-corrected chi connectivity index (χ3v) is 4.70. The molecule has 0 bridgehead atoms. The fraction of sp³-hybridized carbons (Fsp3) is 0.400.